The van der Waals surface area contributed by atoms with Crippen LogP contribution in [-0.4, -0.2) is 10.8 Å². The van der Waals surface area contributed by atoms with Crippen molar-refractivity contribution < 1.29 is 9.18 Å². The molecule has 0 aliphatic heterocycles. The van der Waals surface area contributed by atoms with E-state index < -0.39 is 0 Å². The summed E-state index contributed by atoms with van der Waals surface area (Å²) in [5, 5.41) is 1.07. The number of aromatic nitrogens is 1. The van der Waals surface area contributed by atoms with Crippen LogP contribution < -0.4 is 0 Å². The number of fused-ring (bicyclic) bond motifs is 1. The summed E-state index contributed by atoms with van der Waals surface area (Å²) >= 11 is 5.87. The van der Waals surface area contributed by atoms with Crippen LogP contribution in [0.2, 0.25) is 5.02 Å². The van der Waals surface area contributed by atoms with Crippen LogP contribution >= 0.6 is 11.6 Å². The summed E-state index contributed by atoms with van der Waals surface area (Å²) < 4.78 is 13.3. The number of hydrogen-bond acceptors (Lipinski definition) is 1. The number of aromatic amines is 1. The van der Waals surface area contributed by atoms with Gasteiger partial charge in [-0.1, -0.05) is 23.7 Å². The van der Waals surface area contributed by atoms with E-state index in [9.17, 15) is 9.18 Å². The molecule has 3 rings (SSSR count). The lowest BCUT2D eigenvalue weighted by Gasteiger charge is -2.00. The highest BCUT2D eigenvalue weighted by molar-refractivity contribution is 6.31. The summed E-state index contributed by atoms with van der Waals surface area (Å²) in [6.07, 6.45) is 1.59. The van der Waals surface area contributed by atoms with E-state index in [4.69, 9.17) is 11.6 Å². The number of hydrogen-bond donors (Lipinski definition) is 1. The van der Waals surface area contributed by atoms with Gasteiger partial charge in [-0.05, 0) is 30.3 Å². The van der Waals surface area contributed by atoms with Gasteiger partial charge < -0.3 is 4.98 Å². The molecular weight excluding hydrogens is 265 g/mol. The zero-order valence-corrected chi connectivity index (χ0v) is 10.5. The second kappa shape index (κ2) is 4.52. The molecule has 4 heteroatoms. The van der Waals surface area contributed by atoms with E-state index in [1.165, 1.54) is 12.1 Å². The Hall–Kier alpha value is -2.13. The highest BCUT2D eigenvalue weighted by atomic mass is 35.5. The predicted octanol–water partition coefficient (Wildman–Crippen LogP) is 4.19. The molecule has 2 aromatic carbocycles. The van der Waals surface area contributed by atoms with Crippen molar-refractivity contribution in [2.75, 3.05) is 0 Å². The quantitative estimate of drug-likeness (QED) is 0.698. The monoisotopic (exact) mass is 273 g/mol. The van der Waals surface area contributed by atoms with Gasteiger partial charge in [-0.25, -0.2) is 4.39 Å². The fraction of sp³-hybridized carbons (Fsp3) is 0. The third-order valence-electron chi connectivity index (χ3n) is 2.98. The average molecular weight is 274 g/mol. The average Bonchev–Trinajstić information content (AvgIpc) is 2.80. The van der Waals surface area contributed by atoms with Crippen LogP contribution in [0.1, 0.15) is 15.9 Å². The predicted molar refractivity (Wildman–Crippen MR) is 73.1 cm³/mol. The number of carbonyl (C=O) groups excluding carboxylic acids is 1. The Balaban J connectivity index is 2.14. The number of H-pyrrole nitrogens is 1. The first-order valence-corrected chi connectivity index (χ1v) is 6.10. The zero-order valence-electron chi connectivity index (χ0n) is 9.78. The van der Waals surface area contributed by atoms with Gasteiger partial charge >= 0.3 is 0 Å². The molecule has 0 saturated carbocycles. The van der Waals surface area contributed by atoms with Crippen molar-refractivity contribution in [3.05, 3.63) is 70.6 Å². The minimum Gasteiger partial charge on any atom is -0.360 e. The van der Waals surface area contributed by atoms with Gasteiger partial charge in [-0.3, -0.25) is 4.79 Å². The number of halogens is 2. The van der Waals surface area contributed by atoms with Gasteiger partial charge in [0.15, 0.2) is 5.78 Å². The molecule has 0 atom stereocenters. The number of ketones is 1. The van der Waals surface area contributed by atoms with Crippen molar-refractivity contribution in [3.63, 3.8) is 0 Å². The molecule has 0 spiro atoms. The number of nitrogens with one attached hydrogen (secondary N) is 1. The van der Waals surface area contributed by atoms with Crippen LogP contribution in [0.4, 0.5) is 4.39 Å². The highest BCUT2D eigenvalue weighted by Gasteiger charge is 2.14. The largest absolute Gasteiger partial charge is 0.360 e. The minimum absolute atomic E-state index is 0.181. The lowest BCUT2D eigenvalue weighted by atomic mass is 10.0. The second-order valence-electron chi connectivity index (χ2n) is 4.23. The molecule has 0 radical (unpaired) electrons. The van der Waals surface area contributed by atoms with Crippen LogP contribution in [0.5, 0.6) is 0 Å². The van der Waals surface area contributed by atoms with Gasteiger partial charge in [0.1, 0.15) is 5.82 Å². The Labute approximate surface area is 113 Å². The van der Waals surface area contributed by atoms with E-state index in [0.717, 1.165) is 5.52 Å². The van der Waals surface area contributed by atoms with Crippen LogP contribution in [0.3, 0.4) is 0 Å². The van der Waals surface area contributed by atoms with Crippen LogP contribution in [0.25, 0.3) is 10.9 Å². The molecule has 94 valence electrons. The molecule has 1 N–H and O–H groups in total. The Bertz CT molecular complexity index is 779. The molecule has 0 amide bonds. The fourth-order valence-corrected chi connectivity index (χ4v) is 2.26. The molecule has 0 fully saturated rings. The molecule has 0 aliphatic rings. The van der Waals surface area contributed by atoms with Gasteiger partial charge in [0, 0.05) is 33.2 Å². The first-order valence-electron chi connectivity index (χ1n) is 5.72. The van der Waals surface area contributed by atoms with Gasteiger partial charge in [0.25, 0.3) is 0 Å². The maximum atomic E-state index is 13.3. The van der Waals surface area contributed by atoms with Gasteiger partial charge in [-0.2, -0.15) is 0 Å². The Morgan fingerprint density at radius 1 is 1.16 bits per heavy atom. The van der Waals surface area contributed by atoms with E-state index in [-0.39, 0.29) is 11.6 Å². The van der Waals surface area contributed by atoms with Crippen molar-refractivity contribution in [3.8, 4) is 0 Å². The van der Waals surface area contributed by atoms with E-state index in [0.29, 0.717) is 21.5 Å². The molecule has 1 heterocycles. The summed E-state index contributed by atoms with van der Waals surface area (Å²) in [6, 6.07) is 11.0. The van der Waals surface area contributed by atoms with E-state index in [1.807, 2.05) is 0 Å². The van der Waals surface area contributed by atoms with Gasteiger partial charge in [0.2, 0.25) is 0 Å². The maximum Gasteiger partial charge on any atom is 0.195 e. The van der Waals surface area contributed by atoms with E-state index in [1.54, 1.807) is 36.5 Å². The van der Waals surface area contributed by atoms with Crippen LogP contribution in [0, 0.1) is 5.82 Å². The molecule has 0 unspecified atom stereocenters. The Kier molecular flexibility index (Phi) is 2.84. The molecule has 1 aromatic heterocycles. The third kappa shape index (κ3) is 2.13. The zero-order chi connectivity index (χ0) is 13.4. The van der Waals surface area contributed by atoms with Crippen molar-refractivity contribution in [1.82, 2.24) is 4.98 Å². The maximum absolute atomic E-state index is 13.3. The number of carbonyl (C=O) groups is 1. The first kappa shape index (κ1) is 11.9. The SMILES string of the molecule is O=C(c1cccc(Cl)c1)c1c[nH]c2ccc(F)cc12. The summed E-state index contributed by atoms with van der Waals surface area (Å²) in [6.45, 7) is 0. The van der Waals surface area contributed by atoms with Crippen molar-refractivity contribution in [2.24, 2.45) is 0 Å². The lowest BCUT2D eigenvalue weighted by Crippen LogP contribution is -2.00. The Morgan fingerprint density at radius 3 is 2.79 bits per heavy atom. The fourth-order valence-electron chi connectivity index (χ4n) is 2.07. The third-order valence-corrected chi connectivity index (χ3v) is 3.21. The molecule has 19 heavy (non-hydrogen) atoms. The topological polar surface area (TPSA) is 32.9 Å². The number of rotatable bonds is 2. The molecule has 2 nitrogen and oxygen atoms in total. The minimum atomic E-state index is -0.368. The smallest absolute Gasteiger partial charge is 0.195 e. The second-order valence-corrected chi connectivity index (χ2v) is 4.67. The molecule has 3 aromatic rings. The summed E-state index contributed by atoms with van der Waals surface area (Å²) in [4.78, 5) is 15.3. The van der Waals surface area contributed by atoms with Gasteiger partial charge in [0.05, 0.1) is 0 Å². The van der Waals surface area contributed by atoms with Crippen LogP contribution in [0.15, 0.2) is 48.7 Å². The van der Waals surface area contributed by atoms with Gasteiger partial charge in [-0.15, -0.1) is 0 Å². The number of benzene rings is 2. The van der Waals surface area contributed by atoms with Crippen molar-refractivity contribution in [2.45, 2.75) is 0 Å². The normalized spacial score (nSPS) is 10.8. The summed E-state index contributed by atoms with van der Waals surface area (Å²) in [5.41, 5.74) is 1.65. The molecule has 0 bridgehead atoms. The summed E-state index contributed by atoms with van der Waals surface area (Å²) in [7, 11) is 0. The van der Waals surface area contributed by atoms with E-state index in [2.05, 4.69) is 4.98 Å². The molecular formula is C15H9ClFNO. The first-order chi connectivity index (χ1) is 9.15. The lowest BCUT2D eigenvalue weighted by molar-refractivity contribution is 0.104. The highest BCUT2D eigenvalue weighted by Crippen LogP contribution is 2.23. The molecule has 0 saturated heterocycles. The van der Waals surface area contributed by atoms with Crippen LogP contribution in [-0.2, 0) is 0 Å². The van der Waals surface area contributed by atoms with Crippen molar-refractivity contribution >= 4 is 28.3 Å². The summed E-state index contributed by atoms with van der Waals surface area (Å²) in [5.74, 6) is -0.549. The standard InChI is InChI=1S/C15H9ClFNO/c16-10-3-1-2-9(6-10)15(19)13-8-18-14-5-4-11(17)7-12(13)14/h1-8,18H. The Morgan fingerprint density at radius 2 is 2.00 bits per heavy atom. The molecule has 0 aliphatic carbocycles. The van der Waals surface area contributed by atoms with E-state index >= 15 is 0 Å². The van der Waals surface area contributed by atoms with Crippen molar-refractivity contribution in [1.29, 1.82) is 0 Å².